The summed E-state index contributed by atoms with van der Waals surface area (Å²) in [6.45, 7) is 7.78. The Morgan fingerprint density at radius 2 is 1.95 bits per heavy atom. The van der Waals surface area contributed by atoms with Crippen molar-refractivity contribution in [1.82, 2.24) is 15.1 Å². The second kappa shape index (κ2) is 6.98. The molecule has 110 valence electrons. The number of carbonyl (C=O) groups is 2. The Balaban J connectivity index is 2.88. The number of carboxylic acid groups (broad SMARTS) is 1. The lowest BCUT2D eigenvalue weighted by atomic mass is 10.1. The molecule has 20 heavy (non-hydrogen) atoms. The summed E-state index contributed by atoms with van der Waals surface area (Å²) in [6, 6.07) is 1.72. The van der Waals surface area contributed by atoms with E-state index in [4.69, 9.17) is 5.11 Å². The summed E-state index contributed by atoms with van der Waals surface area (Å²) in [4.78, 5) is 24.8. The van der Waals surface area contributed by atoms with Crippen LogP contribution in [-0.4, -0.2) is 44.7 Å². The molecule has 0 aliphatic heterocycles. The van der Waals surface area contributed by atoms with Gasteiger partial charge in [0.1, 0.15) is 0 Å². The van der Waals surface area contributed by atoms with Crippen molar-refractivity contribution in [3.63, 3.8) is 0 Å². The Hall–Kier alpha value is -1.98. The summed E-state index contributed by atoms with van der Waals surface area (Å²) in [5.41, 5.74) is 1.80. The lowest BCUT2D eigenvalue weighted by molar-refractivity contribution is -0.137. The van der Waals surface area contributed by atoms with Gasteiger partial charge in [-0.15, -0.1) is 0 Å². The van der Waals surface area contributed by atoms with Gasteiger partial charge in [-0.3, -0.25) is 9.59 Å². The normalized spacial score (nSPS) is 10.7. The van der Waals surface area contributed by atoms with Crippen molar-refractivity contribution in [3.05, 3.63) is 23.0 Å². The SMILES string of the molecule is Cc1cc(C(=O)N(CCCC(=O)O)C(C)C)c(C)nn1. The fraction of sp³-hybridized carbons (Fsp3) is 0.571. The van der Waals surface area contributed by atoms with E-state index in [0.717, 1.165) is 0 Å². The number of hydrogen-bond acceptors (Lipinski definition) is 4. The van der Waals surface area contributed by atoms with Crippen molar-refractivity contribution < 1.29 is 14.7 Å². The zero-order chi connectivity index (χ0) is 15.3. The summed E-state index contributed by atoms with van der Waals surface area (Å²) in [7, 11) is 0. The molecule has 1 aromatic rings. The summed E-state index contributed by atoms with van der Waals surface area (Å²) in [5.74, 6) is -0.973. The van der Waals surface area contributed by atoms with Crippen LogP contribution in [0.3, 0.4) is 0 Å². The zero-order valence-corrected chi connectivity index (χ0v) is 12.4. The van der Waals surface area contributed by atoms with Crippen LogP contribution < -0.4 is 0 Å². The van der Waals surface area contributed by atoms with Gasteiger partial charge < -0.3 is 10.0 Å². The fourth-order valence-electron chi connectivity index (χ4n) is 1.92. The molecule has 1 N–H and O–H groups in total. The molecule has 0 bridgehead atoms. The van der Waals surface area contributed by atoms with Crippen molar-refractivity contribution in [1.29, 1.82) is 0 Å². The molecule has 0 radical (unpaired) electrons. The van der Waals surface area contributed by atoms with E-state index in [-0.39, 0.29) is 18.4 Å². The van der Waals surface area contributed by atoms with E-state index in [1.165, 1.54) is 0 Å². The van der Waals surface area contributed by atoms with Crippen LogP contribution >= 0.6 is 0 Å². The number of carboxylic acids is 1. The Morgan fingerprint density at radius 3 is 2.50 bits per heavy atom. The minimum atomic E-state index is -0.848. The first-order chi connectivity index (χ1) is 9.32. The maximum Gasteiger partial charge on any atom is 0.303 e. The minimum Gasteiger partial charge on any atom is -0.481 e. The third-order valence-electron chi connectivity index (χ3n) is 3.01. The van der Waals surface area contributed by atoms with Crippen LogP contribution in [-0.2, 0) is 4.79 Å². The van der Waals surface area contributed by atoms with Crippen LogP contribution in [0.2, 0.25) is 0 Å². The Labute approximate surface area is 118 Å². The van der Waals surface area contributed by atoms with E-state index in [2.05, 4.69) is 10.2 Å². The van der Waals surface area contributed by atoms with Crippen molar-refractivity contribution >= 4 is 11.9 Å². The number of aryl methyl sites for hydroxylation is 2. The lowest BCUT2D eigenvalue weighted by Gasteiger charge is -2.27. The van der Waals surface area contributed by atoms with Gasteiger partial charge in [-0.2, -0.15) is 10.2 Å². The van der Waals surface area contributed by atoms with E-state index in [1.54, 1.807) is 24.8 Å². The van der Waals surface area contributed by atoms with Crippen molar-refractivity contribution in [3.8, 4) is 0 Å². The highest BCUT2D eigenvalue weighted by molar-refractivity contribution is 5.95. The van der Waals surface area contributed by atoms with Crippen molar-refractivity contribution in [2.24, 2.45) is 0 Å². The zero-order valence-electron chi connectivity index (χ0n) is 12.4. The highest BCUT2D eigenvalue weighted by atomic mass is 16.4. The quantitative estimate of drug-likeness (QED) is 0.858. The monoisotopic (exact) mass is 279 g/mol. The van der Waals surface area contributed by atoms with E-state index >= 15 is 0 Å². The maximum absolute atomic E-state index is 12.5. The van der Waals surface area contributed by atoms with Crippen LogP contribution in [0, 0.1) is 13.8 Å². The maximum atomic E-state index is 12.5. The van der Waals surface area contributed by atoms with E-state index < -0.39 is 5.97 Å². The van der Waals surface area contributed by atoms with E-state index in [0.29, 0.717) is 29.9 Å². The summed E-state index contributed by atoms with van der Waals surface area (Å²) >= 11 is 0. The van der Waals surface area contributed by atoms with Crippen LogP contribution in [0.4, 0.5) is 0 Å². The predicted octanol–water partition coefficient (Wildman–Crippen LogP) is 1.81. The number of aromatic nitrogens is 2. The first kappa shape index (κ1) is 16.1. The first-order valence-corrected chi connectivity index (χ1v) is 6.66. The summed E-state index contributed by atoms with van der Waals surface area (Å²) < 4.78 is 0. The molecule has 1 rings (SSSR count). The topological polar surface area (TPSA) is 83.4 Å². The van der Waals surface area contributed by atoms with Gasteiger partial charge in [0.15, 0.2) is 0 Å². The Morgan fingerprint density at radius 1 is 1.30 bits per heavy atom. The number of nitrogens with zero attached hydrogens (tertiary/aromatic N) is 3. The van der Waals surface area contributed by atoms with Crippen LogP contribution in [0.5, 0.6) is 0 Å². The molecule has 0 atom stereocenters. The van der Waals surface area contributed by atoms with Gasteiger partial charge in [-0.25, -0.2) is 0 Å². The smallest absolute Gasteiger partial charge is 0.303 e. The minimum absolute atomic E-state index is 0.00386. The molecule has 1 aromatic heterocycles. The third-order valence-corrected chi connectivity index (χ3v) is 3.01. The third kappa shape index (κ3) is 4.29. The molecule has 6 nitrogen and oxygen atoms in total. The van der Waals surface area contributed by atoms with E-state index in [1.807, 2.05) is 13.8 Å². The number of hydrogen-bond donors (Lipinski definition) is 1. The largest absolute Gasteiger partial charge is 0.481 e. The standard InChI is InChI=1S/C14H21N3O3/c1-9(2)17(7-5-6-13(18)19)14(20)12-8-10(3)15-16-11(12)4/h8-9H,5-7H2,1-4H3,(H,18,19). The Kier molecular flexibility index (Phi) is 5.61. The molecule has 0 aliphatic carbocycles. The molecule has 0 spiro atoms. The Bertz CT molecular complexity index is 500. The first-order valence-electron chi connectivity index (χ1n) is 6.66. The molecule has 0 saturated heterocycles. The highest BCUT2D eigenvalue weighted by Gasteiger charge is 2.21. The molecule has 0 saturated carbocycles. The number of amides is 1. The average molecular weight is 279 g/mol. The lowest BCUT2D eigenvalue weighted by Crippen LogP contribution is -2.38. The van der Waals surface area contributed by atoms with Crippen molar-refractivity contribution in [2.45, 2.75) is 46.6 Å². The van der Waals surface area contributed by atoms with Gasteiger partial charge in [0.2, 0.25) is 0 Å². The summed E-state index contributed by atoms with van der Waals surface area (Å²) in [5, 5.41) is 16.6. The number of carbonyl (C=O) groups excluding carboxylic acids is 1. The molecular formula is C14H21N3O3. The molecular weight excluding hydrogens is 258 g/mol. The molecule has 0 unspecified atom stereocenters. The predicted molar refractivity (Wildman–Crippen MR) is 74.5 cm³/mol. The second-order valence-electron chi connectivity index (χ2n) is 5.07. The van der Waals surface area contributed by atoms with Gasteiger partial charge in [0.25, 0.3) is 5.91 Å². The molecule has 0 fully saturated rings. The van der Waals surface area contributed by atoms with Crippen molar-refractivity contribution in [2.75, 3.05) is 6.54 Å². The van der Waals surface area contributed by atoms with Crippen LogP contribution in [0.1, 0.15) is 48.4 Å². The molecule has 6 heteroatoms. The second-order valence-corrected chi connectivity index (χ2v) is 5.07. The molecule has 1 heterocycles. The fourth-order valence-corrected chi connectivity index (χ4v) is 1.92. The van der Waals surface area contributed by atoms with E-state index in [9.17, 15) is 9.59 Å². The highest BCUT2D eigenvalue weighted by Crippen LogP contribution is 2.13. The average Bonchev–Trinajstić information content (AvgIpc) is 2.36. The van der Waals surface area contributed by atoms with Gasteiger partial charge in [-0.1, -0.05) is 0 Å². The van der Waals surface area contributed by atoms with Gasteiger partial charge >= 0.3 is 5.97 Å². The molecule has 0 aromatic carbocycles. The van der Waals surface area contributed by atoms with Gasteiger partial charge in [0.05, 0.1) is 17.0 Å². The number of aliphatic carboxylic acids is 1. The van der Waals surface area contributed by atoms with Crippen LogP contribution in [0.15, 0.2) is 6.07 Å². The van der Waals surface area contributed by atoms with Gasteiger partial charge in [-0.05, 0) is 40.2 Å². The van der Waals surface area contributed by atoms with Crippen LogP contribution in [0.25, 0.3) is 0 Å². The molecule has 0 aliphatic rings. The molecule has 1 amide bonds. The number of rotatable bonds is 6. The summed E-state index contributed by atoms with van der Waals surface area (Å²) in [6.07, 6.45) is 0.499. The van der Waals surface area contributed by atoms with Gasteiger partial charge in [0, 0.05) is 19.0 Å².